The first-order chi connectivity index (χ1) is 15.4. The second-order valence-electron chi connectivity index (χ2n) is 7.60. The molecule has 1 amide bonds. The molecule has 0 spiro atoms. The van der Waals surface area contributed by atoms with Crippen LogP contribution in [0.3, 0.4) is 0 Å². The van der Waals surface area contributed by atoms with Crippen molar-refractivity contribution in [1.82, 2.24) is 4.90 Å². The van der Waals surface area contributed by atoms with Gasteiger partial charge in [-0.15, -0.1) is 0 Å². The molecule has 0 aromatic heterocycles. The Morgan fingerprint density at radius 2 is 1.75 bits per heavy atom. The Morgan fingerprint density at radius 3 is 2.31 bits per heavy atom. The Balaban J connectivity index is 2.16. The number of amides is 1. The molecular weight excluding hydrogens is 428 g/mol. The second kappa shape index (κ2) is 10.1. The van der Waals surface area contributed by atoms with Crippen LogP contribution in [-0.4, -0.2) is 48.4 Å². The lowest BCUT2D eigenvalue weighted by Gasteiger charge is -2.26. The van der Waals surface area contributed by atoms with Gasteiger partial charge in [0.25, 0.3) is 11.7 Å². The lowest BCUT2D eigenvalue weighted by atomic mass is 9.95. The van der Waals surface area contributed by atoms with E-state index in [0.29, 0.717) is 18.7 Å². The summed E-state index contributed by atoms with van der Waals surface area (Å²) in [6, 6.07) is 11.9. The number of benzene rings is 2. The van der Waals surface area contributed by atoms with Gasteiger partial charge in [0.15, 0.2) is 0 Å². The standard InChI is InChI=1S/C25H29ClN2O4/c1-5-14-28-22(16-8-10-17(11-9-16)27(6-2)7-3)21(24(30)25(28)31)23(29)19-15-18(32-4)12-13-20(19)26/h8-13,15,22,29H,5-7,14H2,1-4H3/b23-21+. The molecule has 1 N–H and O–H groups in total. The van der Waals surface area contributed by atoms with Crippen LogP contribution in [0.15, 0.2) is 48.0 Å². The van der Waals surface area contributed by atoms with Crippen molar-refractivity contribution < 1.29 is 19.4 Å². The molecule has 0 saturated carbocycles. The first-order valence-electron chi connectivity index (χ1n) is 10.8. The minimum Gasteiger partial charge on any atom is -0.507 e. The maximum absolute atomic E-state index is 13.0. The maximum atomic E-state index is 13.0. The number of nitrogens with zero attached hydrogens (tertiary/aromatic N) is 2. The van der Waals surface area contributed by atoms with Crippen molar-refractivity contribution >= 4 is 34.7 Å². The van der Waals surface area contributed by atoms with Crippen molar-refractivity contribution in [2.45, 2.75) is 33.2 Å². The molecule has 1 unspecified atom stereocenters. The highest BCUT2D eigenvalue weighted by Crippen LogP contribution is 2.41. The monoisotopic (exact) mass is 456 g/mol. The third kappa shape index (κ3) is 4.32. The molecule has 32 heavy (non-hydrogen) atoms. The molecule has 1 heterocycles. The van der Waals surface area contributed by atoms with E-state index in [-0.39, 0.29) is 21.9 Å². The smallest absolute Gasteiger partial charge is 0.295 e. The van der Waals surface area contributed by atoms with E-state index in [0.717, 1.165) is 24.3 Å². The average molecular weight is 457 g/mol. The molecule has 1 aliphatic rings. The summed E-state index contributed by atoms with van der Waals surface area (Å²) in [4.78, 5) is 29.6. The van der Waals surface area contributed by atoms with Gasteiger partial charge in [0, 0.05) is 30.9 Å². The van der Waals surface area contributed by atoms with Crippen molar-refractivity contribution in [3.63, 3.8) is 0 Å². The van der Waals surface area contributed by atoms with Gasteiger partial charge in [-0.3, -0.25) is 9.59 Å². The number of likely N-dealkylation sites (tertiary alicyclic amines) is 1. The Bertz CT molecular complexity index is 1030. The van der Waals surface area contributed by atoms with Gasteiger partial charge in [0.05, 0.1) is 23.7 Å². The number of ether oxygens (including phenoxy) is 1. The fourth-order valence-electron chi connectivity index (χ4n) is 4.11. The van der Waals surface area contributed by atoms with Crippen LogP contribution in [-0.2, 0) is 9.59 Å². The van der Waals surface area contributed by atoms with Crippen LogP contribution in [0.2, 0.25) is 5.02 Å². The summed E-state index contributed by atoms with van der Waals surface area (Å²) in [5, 5.41) is 11.4. The summed E-state index contributed by atoms with van der Waals surface area (Å²) < 4.78 is 5.24. The molecular formula is C25H29ClN2O4. The number of anilines is 1. The van der Waals surface area contributed by atoms with E-state index in [1.165, 1.54) is 12.0 Å². The van der Waals surface area contributed by atoms with Crippen LogP contribution in [0.5, 0.6) is 5.75 Å². The molecule has 0 bridgehead atoms. The highest BCUT2D eigenvalue weighted by Gasteiger charge is 2.45. The van der Waals surface area contributed by atoms with Crippen molar-refractivity contribution in [3.05, 3.63) is 64.2 Å². The number of aliphatic hydroxyl groups is 1. The fraction of sp³-hybridized carbons (Fsp3) is 0.360. The highest BCUT2D eigenvalue weighted by atomic mass is 35.5. The van der Waals surface area contributed by atoms with Gasteiger partial charge in [0.2, 0.25) is 0 Å². The van der Waals surface area contributed by atoms with Crippen LogP contribution in [0.25, 0.3) is 5.76 Å². The minimum atomic E-state index is -0.715. The number of ketones is 1. The van der Waals surface area contributed by atoms with Gasteiger partial charge < -0.3 is 19.6 Å². The molecule has 3 rings (SSSR count). The molecule has 1 saturated heterocycles. The summed E-state index contributed by atoms with van der Waals surface area (Å²) in [5.74, 6) is -1.15. The number of Topliss-reactive ketones (excluding diaryl/α,β-unsaturated/α-hetero) is 1. The van der Waals surface area contributed by atoms with Gasteiger partial charge in [-0.2, -0.15) is 0 Å². The number of methoxy groups -OCH3 is 1. The number of hydrogen-bond donors (Lipinski definition) is 1. The third-order valence-corrected chi connectivity index (χ3v) is 6.10. The summed E-state index contributed by atoms with van der Waals surface area (Å²) in [7, 11) is 1.50. The lowest BCUT2D eigenvalue weighted by Crippen LogP contribution is -2.30. The summed E-state index contributed by atoms with van der Waals surface area (Å²) >= 11 is 6.32. The molecule has 170 valence electrons. The van der Waals surface area contributed by atoms with Crippen LogP contribution < -0.4 is 9.64 Å². The molecule has 2 aromatic carbocycles. The number of hydrogen-bond acceptors (Lipinski definition) is 5. The average Bonchev–Trinajstić information content (AvgIpc) is 3.05. The van der Waals surface area contributed by atoms with Crippen molar-refractivity contribution in [1.29, 1.82) is 0 Å². The van der Waals surface area contributed by atoms with Crippen LogP contribution in [0.1, 0.15) is 44.4 Å². The van der Waals surface area contributed by atoms with Gasteiger partial charge in [-0.05, 0) is 56.2 Å². The van der Waals surface area contributed by atoms with Gasteiger partial charge in [-0.1, -0.05) is 30.7 Å². The predicted octanol–water partition coefficient (Wildman–Crippen LogP) is 5.03. The Hall–Kier alpha value is -2.99. The molecule has 1 atom stereocenters. The first kappa shape index (κ1) is 23.7. The molecule has 0 aliphatic carbocycles. The Kier molecular flexibility index (Phi) is 7.46. The highest BCUT2D eigenvalue weighted by molar-refractivity contribution is 6.47. The Labute approximate surface area is 194 Å². The zero-order valence-electron chi connectivity index (χ0n) is 18.9. The molecule has 0 radical (unpaired) electrons. The third-order valence-electron chi connectivity index (χ3n) is 5.77. The number of rotatable bonds is 8. The van der Waals surface area contributed by atoms with Gasteiger partial charge in [-0.25, -0.2) is 0 Å². The molecule has 2 aromatic rings. The predicted molar refractivity (Wildman–Crippen MR) is 127 cm³/mol. The van der Waals surface area contributed by atoms with E-state index < -0.39 is 17.7 Å². The fourth-order valence-corrected chi connectivity index (χ4v) is 4.32. The number of carbonyl (C=O) groups is 2. The Morgan fingerprint density at radius 1 is 1.09 bits per heavy atom. The largest absolute Gasteiger partial charge is 0.507 e. The summed E-state index contributed by atoms with van der Waals surface area (Å²) in [5.41, 5.74) is 2.11. The zero-order chi connectivity index (χ0) is 23.4. The van der Waals surface area contributed by atoms with E-state index in [9.17, 15) is 14.7 Å². The topological polar surface area (TPSA) is 70.1 Å². The van der Waals surface area contributed by atoms with E-state index in [4.69, 9.17) is 16.3 Å². The molecule has 7 heteroatoms. The van der Waals surface area contributed by atoms with Gasteiger partial charge in [0.1, 0.15) is 11.5 Å². The van der Waals surface area contributed by atoms with E-state index in [1.54, 1.807) is 18.2 Å². The van der Waals surface area contributed by atoms with Gasteiger partial charge >= 0.3 is 0 Å². The first-order valence-corrected chi connectivity index (χ1v) is 11.2. The van der Waals surface area contributed by atoms with Crippen molar-refractivity contribution in [3.8, 4) is 5.75 Å². The maximum Gasteiger partial charge on any atom is 0.295 e. The number of carbonyl (C=O) groups excluding carboxylic acids is 2. The van der Waals surface area contributed by atoms with Crippen LogP contribution in [0.4, 0.5) is 5.69 Å². The molecule has 1 fully saturated rings. The quantitative estimate of drug-likeness (QED) is 0.343. The molecule has 1 aliphatic heterocycles. The van der Waals surface area contributed by atoms with E-state index >= 15 is 0 Å². The number of halogens is 1. The van der Waals surface area contributed by atoms with E-state index in [2.05, 4.69) is 18.7 Å². The lowest BCUT2D eigenvalue weighted by molar-refractivity contribution is -0.139. The minimum absolute atomic E-state index is 0.0363. The van der Waals surface area contributed by atoms with Crippen LogP contribution in [0, 0.1) is 0 Å². The summed E-state index contributed by atoms with van der Waals surface area (Å²) in [6.07, 6.45) is 0.682. The van der Waals surface area contributed by atoms with Crippen LogP contribution >= 0.6 is 11.6 Å². The summed E-state index contributed by atoms with van der Waals surface area (Å²) in [6.45, 7) is 8.27. The zero-order valence-corrected chi connectivity index (χ0v) is 19.6. The molecule has 6 nitrogen and oxygen atoms in total. The second-order valence-corrected chi connectivity index (χ2v) is 8.01. The van der Waals surface area contributed by atoms with Crippen molar-refractivity contribution in [2.75, 3.05) is 31.6 Å². The normalized spacial score (nSPS) is 17.7. The SMILES string of the molecule is CCCN1C(=O)C(=O)/C(=C(/O)c2cc(OC)ccc2Cl)C1c1ccc(N(CC)CC)cc1. The van der Waals surface area contributed by atoms with E-state index in [1.807, 2.05) is 31.2 Å². The number of aliphatic hydroxyl groups excluding tert-OH is 1. The van der Waals surface area contributed by atoms with Crippen molar-refractivity contribution in [2.24, 2.45) is 0 Å².